The lowest BCUT2D eigenvalue weighted by Crippen LogP contribution is -2.31. The van der Waals surface area contributed by atoms with E-state index in [0.717, 1.165) is 12.3 Å². The molecule has 2 aromatic rings. The van der Waals surface area contributed by atoms with Crippen molar-refractivity contribution in [3.63, 3.8) is 0 Å². The molecular formula is C20H18F3N5O4. The van der Waals surface area contributed by atoms with E-state index in [1.165, 1.54) is 31.2 Å². The van der Waals surface area contributed by atoms with Gasteiger partial charge in [0.05, 0.1) is 0 Å². The second-order valence-electron chi connectivity index (χ2n) is 6.72. The first-order valence-electron chi connectivity index (χ1n) is 9.23. The Morgan fingerprint density at radius 2 is 1.78 bits per heavy atom. The highest BCUT2D eigenvalue weighted by Crippen LogP contribution is 2.29. The molecule has 0 bridgehead atoms. The largest absolute Gasteiger partial charge is 0.465 e. The molecule has 2 amide bonds. The molecule has 12 heteroatoms. The molecule has 2 heterocycles. The van der Waals surface area contributed by atoms with Gasteiger partial charge in [0.2, 0.25) is 12.1 Å². The van der Waals surface area contributed by atoms with Crippen LogP contribution in [0.25, 0.3) is 11.4 Å². The van der Waals surface area contributed by atoms with Gasteiger partial charge in [0, 0.05) is 17.8 Å². The van der Waals surface area contributed by atoms with Gasteiger partial charge in [-0.25, -0.2) is 4.98 Å². The Kier molecular flexibility index (Phi) is 6.42. The molecule has 9 nitrogen and oxygen atoms in total. The van der Waals surface area contributed by atoms with Gasteiger partial charge < -0.3 is 20.9 Å². The molecule has 3 rings (SSSR count). The van der Waals surface area contributed by atoms with Crippen LogP contribution < -0.4 is 20.9 Å². The summed E-state index contributed by atoms with van der Waals surface area (Å²) in [4.78, 5) is 34.8. The molecule has 3 unspecified atom stereocenters. The number of nitrogens with two attached hydrogens (primary N) is 2. The van der Waals surface area contributed by atoms with Gasteiger partial charge in [0.1, 0.15) is 17.4 Å². The summed E-state index contributed by atoms with van der Waals surface area (Å²) in [6.45, 7) is 1.42. The number of aliphatic imine (C=N–C) groups is 1. The summed E-state index contributed by atoms with van der Waals surface area (Å²) in [5.41, 5.74) is 10.8. The monoisotopic (exact) mass is 449 g/mol. The van der Waals surface area contributed by atoms with Crippen LogP contribution in [0.2, 0.25) is 0 Å². The van der Waals surface area contributed by atoms with Crippen molar-refractivity contribution in [2.45, 2.75) is 25.4 Å². The van der Waals surface area contributed by atoms with E-state index in [1.807, 2.05) is 0 Å². The standard InChI is InChI=1S/C20H18F3N5O4/c1-10(17(24)29)31-16-8-14(18(25)30)27-19(28-16)11-2-5-13(6-3-11)32-15-7-4-12(9-26-15)20(21,22)23/h2-10,12,15H,1H3,(H2,24,29)(H2,25,30). The number of hydrogen-bond acceptors (Lipinski definition) is 7. The van der Waals surface area contributed by atoms with Crippen molar-refractivity contribution in [2.75, 3.05) is 0 Å². The minimum absolute atomic E-state index is 0.0728. The van der Waals surface area contributed by atoms with Crippen LogP contribution in [-0.4, -0.2) is 46.5 Å². The molecule has 0 aliphatic carbocycles. The SMILES string of the molecule is CC(Oc1cc(C(N)=O)nc(-c2ccc(OC3C=CC(C(F)(F)F)C=N3)cc2)n1)C(N)=O. The van der Waals surface area contributed by atoms with Crippen LogP contribution in [0.15, 0.2) is 47.5 Å². The second-order valence-corrected chi connectivity index (χ2v) is 6.72. The lowest BCUT2D eigenvalue weighted by molar-refractivity contribution is -0.143. The third-order valence-electron chi connectivity index (χ3n) is 4.28. The van der Waals surface area contributed by atoms with E-state index in [2.05, 4.69) is 15.0 Å². The molecule has 1 aromatic carbocycles. The van der Waals surface area contributed by atoms with Gasteiger partial charge in [-0.05, 0) is 37.3 Å². The molecule has 1 aliphatic heterocycles. The molecule has 32 heavy (non-hydrogen) atoms. The summed E-state index contributed by atoms with van der Waals surface area (Å²) >= 11 is 0. The van der Waals surface area contributed by atoms with Crippen molar-refractivity contribution >= 4 is 18.0 Å². The Morgan fingerprint density at radius 1 is 1.09 bits per heavy atom. The van der Waals surface area contributed by atoms with Gasteiger partial charge in [-0.2, -0.15) is 18.2 Å². The Bertz CT molecular complexity index is 1060. The van der Waals surface area contributed by atoms with Gasteiger partial charge >= 0.3 is 6.18 Å². The van der Waals surface area contributed by atoms with Crippen molar-refractivity contribution in [2.24, 2.45) is 22.4 Å². The molecule has 3 atom stereocenters. The number of alkyl halides is 3. The molecule has 0 spiro atoms. The first-order valence-corrected chi connectivity index (χ1v) is 9.23. The third kappa shape index (κ3) is 5.59. The molecular weight excluding hydrogens is 431 g/mol. The Balaban J connectivity index is 1.77. The Hall–Kier alpha value is -3.96. The number of aromatic nitrogens is 2. The number of nitrogens with zero attached hydrogens (tertiary/aromatic N) is 3. The normalized spacial score (nSPS) is 18.8. The van der Waals surface area contributed by atoms with Crippen LogP contribution in [0.4, 0.5) is 13.2 Å². The summed E-state index contributed by atoms with van der Waals surface area (Å²) in [5, 5.41) is 0. The summed E-state index contributed by atoms with van der Waals surface area (Å²) < 4.78 is 48.8. The van der Waals surface area contributed by atoms with E-state index < -0.39 is 36.2 Å². The second kappa shape index (κ2) is 9.04. The highest BCUT2D eigenvalue weighted by atomic mass is 19.4. The lowest BCUT2D eigenvalue weighted by Gasteiger charge is -2.19. The summed E-state index contributed by atoms with van der Waals surface area (Å²) in [6.07, 6.45) is -3.32. The number of rotatable bonds is 7. The molecule has 0 saturated heterocycles. The van der Waals surface area contributed by atoms with Crippen LogP contribution in [-0.2, 0) is 4.79 Å². The predicted molar refractivity (Wildman–Crippen MR) is 107 cm³/mol. The number of halogens is 3. The minimum Gasteiger partial charge on any atom is -0.465 e. The van der Waals surface area contributed by atoms with Crippen molar-refractivity contribution in [3.8, 4) is 23.0 Å². The quantitative estimate of drug-likeness (QED) is 0.619. The molecule has 0 radical (unpaired) electrons. The van der Waals surface area contributed by atoms with E-state index in [0.29, 0.717) is 11.3 Å². The molecule has 0 fully saturated rings. The van der Waals surface area contributed by atoms with Crippen molar-refractivity contribution in [1.29, 1.82) is 0 Å². The van der Waals surface area contributed by atoms with Crippen LogP contribution in [0.5, 0.6) is 11.6 Å². The van der Waals surface area contributed by atoms with Gasteiger partial charge in [0.25, 0.3) is 11.8 Å². The fourth-order valence-corrected chi connectivity index (χ4v) is 2.56. The van der Waals surface area contributed by atoms with Crippen molar-refractivity contribution in [3.05, 3.63) is 48.2 Å². The van der Waals surface area contributed by atoms with E-state index in [-0.39, 0.29) is 17.4 Å². The summed E-state index contributed by atoms with van der Waals surface area (Å²) in [7, 11) is 0. The van der Waals surface area contributed by atoms with Gasteiger partial charge in [0.15, 0.2) is 11.9 Å². The first kappa shape index (κ1) is 22.7. The molecule has 1 aliphatic rings. The fourth-order valence-electron chi connectivity index (χ4n) is 2.56. The minimum atomic E-state index is -4.40. The number of allylic oxidation sites excluding steroid dienone is 1. The topological polar surface area (TPSA) is 143 Å². The van der Waals surface area contributed by atoms with Crippen LogP contribution >= 0.6 is 0 Å². The number of dihydropyridines is 1. The first-order chi connectivity index (χ1) is 15.0. The molecule has 168 valence electrons. The molecule has 0 saturated carbocycles. The highest BCUT2D eigenvalue weighted by molar-refractivity contribution is 5.91. The van der Waals surface area contributed by atoms with Crippen molar-refractivity contribution in [1.82, 2.24) is 9.97 Å². The third-order valence-corrected chi connectivity index (χ3v) is 4.28. The summed E-state index contributed by atoms with van der Waals surface area (Å²) in [6, 6.07) is 7.37. The highest BCUT2D eigenvalue weighted by Gasteiger charge is 2.38. The van der Waals surface area contributed by atoms with E-state index in [4.69, 9.17) is 20.9 Å². The number of primary amides is 2. The zero-order valence-corrected chi connectivity index (χ0v) is 16.6. The van der Waals surface area contributed by atoms with Gasteiger partial charge in [-0.3, -0.25) is 14.6 Å². The van der Waals surface area contributed by atoms with Gasteiger partial charge in [-0.15, -0.1) is 0 Å². The zero-order valence-electron chi connectivity index (χ0n) is 16.6. The fraction of sp³-hybridized carbons (Fsp3) is 0.250. The zero-order chi connectivity index (χ0) is 23.5. The molecule has 1 aromatic heterocycles. The number of benzene rings is 1. The number of carbonyl (C=O) groups excluding carboxylic acids is 2. The van der Waals surface area contributed by atoms with Crippen molar-refractivity contribution < 1.29 is 32.2 Å². The number of ether oxygens (including phenoxy) is 2. The van der Waals surface area contributed by atoms with Crippen LogP contribution in [0.3, 0.4) is 0 Å². The average molecular weight is 449 g/mol. The maximum atomic E-state index is 12.7. The average Bonchev–Trinajstić information content (AvgIpc) is 2.73. The van der Waals surface area contributed by atoms with E-state index in [9.17, 15) is 22.8 Å². The van der Waals surface area contributed by atoms with E-state index >= 15 is 0 Å². The number of hydrogen-bond donors (Lipinski definition) is 2. The van der Waals surface area contributed by atoms with Gasteiger partial charge in [-0.1, -0.05) is 6.08 Å². The lowest BCUT2D eigenvalue weighted by atomic mass is 10.1. The maximum absolute atomic E-state index is 12.7. The smallest absolute Gasteiger partial charge is 0.399 e. The maximum Gasteiger partial charge on any atom is 0.399 e. The predicted octanol–water partition coefficient (Wildman–Crippen LogP) is 2.02. The van der Waals surface area contributed by atoms with Crippen LogP contribution in [0, 0.1) is 5.92 Å². The van der Waals surface area contributed by atoms with E-state index in [1.54, 1.807) is 12.1 Å². The number of carbonyl (C=O) groups is 2. The van der Waals surface area contributed by atoms with Crippen LogP contribution in [0.1, 0.15) is 17.4 Å². The summed E-state index contributed by atoms with van der Waals surface area (Å²) in [5.74, 6) is -2.96. The number of amides is 2. The molecule has 4 N–H and O–H groups in total. The Morgan fingerprint density at radius 3 is 2.31 bits per heavy atom. The Labute approximate surface area is 180 Å².